The smallest absolute Gasteiger partial charge is 0.266 e. The van der Waals surface area contributed by atoms with E-state index in [1.54, 1.807) is 23.8 Å². The largest absolute Gasteiger partial charge is 0.497 e. The minimum atomic E-state index is -0.173. The van der Waals surface area contributed by atoms with Crippen LogP contribution in [0, 0.1) is 0 Å². The molecule has 3 rings (SSSR count). The average molecular weight is 426 g/mol. The molecule has 0 unspecified atom stereocenters. The van der Waals surface area contributed by atoms with E-state index in [9.17, 15) is 9.59 Å². The maximum Gasteiger partial charge on any atom is 0.266 e. The van der Waals surface area contributed by atoms with Crippen molar-refractivity contribution in [3.8, 4) is 11.4 Å². The lowest BCUT2D eigenvalue weighted by Gasteiger charge is -2.30. The number of thioether (sulfide) groups is 1. The molecular weight excluding hydrogens is 398 g/mol. The molecule has 0 saturated heterocycles. The van der Waals surface area contributed by atoms with E-state index in [1.807, 2.05) is 69.0 Å². The summed E-state index contributed by atoms with van der Waals surface area (Å²) in [5, 5.41) is 1.01. The van der Waals surface area contributed by atoms with Crippen molar-refractivity contribution in [3.05, 3.63) is 58.9 Å². The van der Waals surface area contributed by atoms with Gasteiger partial charge in [0.25, 0.3) is 5.56 Å². The minimum absolute atomic E-state index is 0.0181. The Bertz CT molecular complexity index is 1100. The number of nitrogens with zero attached hydrogens (tertiary/aromatic N) is 3. The zero-order valence-electron chi connectivity index (χ0n) is 18.0. The second-order valence-corrected chi connectivity index (χ2v) is 8.47. The topological polar surface area (TPSA) is 64.4 Å². The number of methoxy groups -OCH3 is 1. The van der Waals surface area contributed by atoms with E-state index >= 15 is 0 Å². The van der Waals surface area contributed by atoms with Crippen LogP contribution >= 0.6 is 11.8 Å². The Kier molecular flexibility index (Phi) is 6.82. The van der Waals surface area contributed by atoms with Gasteiger partial charge < -0.3 is 9.64 Å². The van der Waals surface area contributed by atoms with Gasteiger partial charge in [-0.05, 0) is 52.0 Å². The van der Waals surface area contributed by atoms with Gasteiger partial charge in [-0.25, -0.2) is 4.98 Å². The molecule has 7 heteroatoms. The van der Waals surface area contributed by atoms with E-state index in [4.69, 9.17) is 9.72 Å². The molecule has 0 aliphatic rings. The number of carbonyl (C=O) groups excluding carboxylic acids is 1. The maximum atomic E-state index is 13.3. The second-order valence-electron chi connectivity index (χ2n) is 7.53. The van der Waals surface area contributed by atoms with Crippen LogP contribution in [0.1, 0.15) is 27.7 Å². The second kappa shape index (κ2) is 9.34. The number of aromatic nitrogens is 2. The molecule has 3 aromatic rings. The van der Waals surface area contributed by atoms with Gasteiger partial charge in [0.05, 0.1) is 29.5 Å². The Labute approximate surface area is 180 Å². The monoisotopic (exact) mass is 425 g/mol. The van der Waals surface area contributed by atoms with Gasteiger partial charge in [0.2, 0.25) is 5.91 Å². The highest BCUT2D eigenvalue weighted by molar-refractivity contribution is 7.99. The summed E-state index contributed by atoms with van der Waals surface area (Å²) < 4.78 is 6.88. The van der Waals surface area contributed by atoms with Crippen molar-refractivity contribution in [2.24, 2.45) is 0 Å². The molecule has 0 aliphatic heterocycles. The Morgan fingerprint density at radius 1 is 1.10 bits per heavy atom. The zero-order chi connectivity index (χ0) is 21.8. The summed E-state index contributed by atoms with van der Waals surface area (Å²) in [6.45, 7) is 8.01. The van der Waals surface area contributed by atoms with Gasteiger partial charge >= 0.3 is 0 Å². The first kappa shape index (κ1) is 21.9. The minimum Gasteiger partial charge on any atom is -0.497 e. The number of hydrogen-bond acceptors (Lipinski definition) is 5. The third-order valence-electron chi connectivity index (χ3n) is 4.78. The molecule has 2 aromatic carbocycles. The van der Waals surface area contributed by atoms with Crippen LogP contribution in [0.5, 0.6) is 5.75 Å². The molecule has 0 aliphatic carbocycles. The van der Waals surface area contributed by atoms with E-state index in [2.05, 4.69) is 0 Å². The van der Waals surface area contributed by atoms with Crippen molar-refractivity contribution in [1.82, 2.24) is 14.5 Å². The lowest BCUT2D eigenvalue weighted by atomic mass is 10.2. The molecule has 0 spiro atoms. The van der Waals surface area contributed by atoms with Crippen LogP contribution in [0.25, 0.3) is 16.6 Å². The summed E-state index contributed by atoms with van der Waals surface area (Å²) in [6.07, 6.45) is 0. The number of fused-ring (bicyclic) bond motifs is 1. The first-order chi connectivity index (χ1) is 14.3. The fourth-order valence-corrected chi connectivity index (χ4v) is 4.44. The molecule has 0 fully saturated rings. The molecule has 1 aromatic heterocycles. The van der Waals surface area contributed by atoms with E-state index in [-0.39, 0.29) is 29.3 Å². The Hall–Kier alpha value is -2.80. The molecular formula is C23H27N3O3S. The van der Waals surface area contributed by atoms with Crippen molar-refractivity contribution in [2.75, 3.05) is 12.9 Å². The first-order valence-electron chi connectivity index (χ1n) is 9.93. The van der Waals surface area contributed by atoms with Gasteiger partial charge in [0.1, 0.15) is 5.75 Å². The number of para-hydroxylation sites is 1. The van der Waals surface area contributed by atoms with Crippen molar-refractivity contribution in [3.63, 3.8) is 0 Å². The van der Waals surface area contributed by atoms with Crippen LogP contribution < -0.4 is 10.3 Å². The van der Waals surface area contributed by atoms with Crippen molar-refractivity contribution in [1.29, 1.82) is 0 Å². The SMILES string of the molecule is COc1cccc(-n2c(SCC(=O)N(C(C)C)C(C)C)nc3ccccc3c2=O)c1. The summed E-state index contributed by atoms with van der Waals surface area (Å²) in [5.74, 6) is 0.862. The standard InChI is InChI=1S/C23H27N3O3S/c1-15(2)25(16(3)4)21(27)14-30-23-24-20-12-7-6-11-19(20)22(28)26(23)17-9-8-10-18(13-17)29-5/h6-13,15-16H,14H2,1-5H3. The molecule has 1 heterocycles. The predicted octanol–water partition coefficient (Wildman–Crippen LogP) is 4.13. The normalized spacial score (nSPS) is 11.3. The quantitative estimate of drug-likeness (QED) is 0.421. The average Bonchev–Trinajstić information content (AvgIpc) is 2.72. The number of amides is 1. The van der Waals surface area contributed by atoms with Crippen molar-refractivity contribution < 1.29 is 9.53 Å². The summed E-state index contributed by atoms with van der Waals surface area (Å²) in [4.78, 5) is 32.7. The molecule has 0 N–H and O–H groups in total. The lowest BCUT2D eigenvalue weighted by Crippen LogP contribution is -2.43. The molecule has 0 atom stereocenters. The van der Waals surface area contributed by atoms with Crippen LogP contribution in [0.3, 0.4) is 0 Å². The van der Waals surface area contributed by atoms with Crippen LogP contribution in [0.15, 0.2) is 58.5 Å². The molecule has 6 nitrogen and oxygen atoms in total. The van der Waals surface area contributed by atoms with E-state index < -0.39 is 0 Å². The number of rotatable bonds is 7. The Morgan fingerprint density at radius 2 is 1.80 bits per heavy atom. The molecule has 1 amide bonds. The zero-order valence-corrected chi connectivity index (χ0v) is 18.8. The summed E-state index contributed by atoms with van der Waals surface area (Å²) >= 11 is 1.28. The fourth-order valence-electron chi connectivity index (χ4n) is 3.56. The molecule has 30 heavy (non-hydrogen) atoms. The third-order valence-corrected chi connectivity index (χ3v) is 5.71. The lowest BCUT2D eigenvalue weighted by molar-refractivity contribution is -0.131. The van der Waals surface area contributed by atoms with Gasteiger partial charge in [-0.3, -0.25) is 14.2 Å². The summed E-state index contributed by atoms with van der Waals surface area (Å²) in [7, 11) is 1.58. The van der Waals surface area contributed by atoms with Crippen LogP contribution in [-0.4, -0.2) is 45.3 Å². The van der Waals surface area contributed by atoms with E-state index in [0.717, 1.165) is 0 Å². The number of benzene rings is 2. The maximum absolute atomic E-state index is 13.3. The summed E-state index contributed by atoms with van der Waals surface area (Å²) in [5.41, 5.74) is 1.09. The number of hydrogen-bond donors (Lipinski definition) is 0. The van der Waals surface area contributed by atoms with Crippen molar-refractivity contribution in [2.45, 2.75) is 44.9 Å². The Morgan fingerprint density at radius 3 is 2.47 bits per heavy atom. The molecule has 0 bridgehead atoms. The van der Waals surface area contributed by atoms with Crippen molar-refractivity contribution >= 4 is 28.6 Å². The fraction of sp³-hybridized carbons (Fsp3) is 0.348. The van der Waals surface area contributed by atoms with Gasteiger partial charge in [0, 0.05) is 18.2 Å². The van der Waals surface area contributed by atoms with Crippen LogP contribution in [0.4, 0.5) is 0 Å². The van der Waals surface area contributed by atoms with E-state index in [0.29, 0.717) is 27.5 Å². The van der Waals surface area contributed by atoms with Gasteiger partial charge in [0.15, 0.2) is 5.16 Å². The highest BCUT2D eigenvalue weighted by atomic mass is 32.2. The van der Waals surface area contributed by atoms with E-state index in [1.165, 1.54) is 11.8 Å². The summed E-state index contributed by atoms with van der Waals surface area (Å²) in [6, 6.07) is 14.7. The van der Waals surface area contributed by atoms with Gasteiger partial charge in [-0.1, -0.05) is 30.0 Å². The van der Waals surface area contributed by atoms with Crippen LogP contribution in [-0.2, 0) is 4.79 Å². The van der Waals surface area contributed by atoms with Gasteiger partial charge in [-0.15, -0.1) is 0 Å². The third kappa shape index (κ3) is 4.51. The first-order valence-corrected chi connectivity index (χ1v) is 10.9. The van der Waals surface area contributed by atoms with Gasteiger partial charge in [-0.2, -0.15) is 0 Å². The number of carbonyl (C=O) groups is 1. The molecule has 0 saturated carbocycles. The molecule has 0 radical (unpaired) electrons. The highest BCUT2D eigenvalue weighted by Gasteiger charge is 2.22. The predicted molar refractivity (Wildman–Crippen MR) is 122 cm³/mol. The Balaban J connectivity index is 2.07. The number of ether oxygens (including phenoxy) is 1. The highest BCUT2D eigenvalue weighted by Crippen LogP contribution is 2.24. The molecule has 158 valence electrons. The van der Waals surface area contributed by atoms with Crippen LogP contribution in [0.2, 0.25) is 0 Å².